The van der Waals surface area contributed by atoms with Crippen molar-refractivity contribution in [3.8, 4) is 11.5 Å². The van der Waals surface area contributed by atoms with Crippen LogP contribution < -0.4 is 9.47 Å². The highest BCUT2D eigenvalue weighted by Crippen LogP contribution is 2.38. The maximum Gasteiger partial charge on any atom is 0.315 e. The summed E-state index contributed by atoms with van der Waals surface area (Å²) >= 11 is 0. The van der Waals surface area contributed by atoms with Crippen LogP contribution in [-0.2, 0) is 14.9 Å². The highest BCUT2D eigenvalue weighted by atomic mass is 16.5. The number of esters is 1. The summed E-state index contributed by atoms with van der Waals surface area (Å²) in [6.45, 7) is 5.55. The predicted molar refractivity (Wildman–Crippen MR) is 69.3 cm³/mol. The third-order valence-corrected chi connectivity index (χ3v) is 3.05. The first-order valence-electron chi connectivity index (χ1n) is 5.70. The van der Waals surface area contributed by atoms with Gasteiger partial charge in [-0.05, 0) is 32.4 Å². The molecule has 0 aromatic heterocycles. The third-order valence-electron chi connectivity index (χ3n) is 3.05. The maximum atomic E-state index is 11.9. The Balaban J connectivity index is 3.44. The summed E-state index contributed by atoms with van der Waals surface area (Å²) in [5, 5.41) is 0. The zero-order valence-corrected chi connectivity index (χ0v) is 11.8. The number of ether oxygens (including phenoxy) is 3. The van der Waals surface area contributed by atoms with E-state index in [1.807, 2.05) is 26.8 Å². The van der Waals surface area contributed by atoms with Gasteiger partial charge >= 0.3 is 5.97 Å². The van der Waals surface area contributed by atoms with Crippen LogP contribution in [0.25, 0.3) is 0 Å². The molecule has 0 atom stereocenters. The van der Waals surface area contributed by atoms with Crippen LogP contribution in [0.4, 0.5) is 0 Å². The van der Waals surface area contributed by atoms with Crippen LogP contribution in [-0.4, -0.2) is 27.3 Å². The Morgan fingerprint density at radius 1 is 1.11 bits per heavy atom. The van der Waals surface area contributed by atoms with Gasteiger partial charge in [-0.15, -0.1) is 0 Å². The minimum Gasteiger partial charge on any atom is -0.497 e. The van der Waals surface area contributed by atoms with Gasteiger partial charge in [0.2, 0.25) is 0 Å². The van der Waals surface area contributed by atoms with Crippen molar-refractivity contribution in [3.63, 3.8) is 0 Å². The molecule has 0 radical (unpaired) electrons. The maximum absolute atomic E-state index is 11.9. The lowest BCUT2D eigenvalue weighted by Crippen LogP contribution is -2.31. The summed E-state index contributed by atoms with van der Waals surface area (Å²) in [6, 6.07) is 3.65. The first-order chi connectivity index (χ1) is 8.38. The van der Waals surface area contributed by atoms with E-state index in [0.717, 1.165) is 11.1 Å². The largest absolute Gasteiger partial charge is 0.497 e. The van der Waals surface area contributed by atoms with Crippen LogP contribution in [0.5, 0.6) is 11.5 Å². The van der Waals surface area contributed by atoms with Crippen LogP contribution in [0.15, 0.2) is 12.1 Å². The van der Waals surface area contributed by atoms with E-state index in [4.69, 9.17) is 14.2 Å². The first-order valence-corrected chi connectivity index (χ1v) is 5.70. The highest BCUT2D eigenvalue weighted by molar-refractivity contribution is 5.84. The average Bonchev–Trinajstić information content (AvgIpc) is 2.35. The van der Waals surface area contributed by atoms with Gasteiger partial charge in [0.15, 0.2) is 0 Å². The summed E-state index contributed by atoms with van der Waals surface area (Å²) in [7, 11) is 4.56. The molecule has 1 aromatic rings. The number of hydrogen-bond acceptors (Lipinski definition) is 4. The zero-order chi connectivity index (χ0) is 13.9. The van der Waals surface area contributed by atoms with Gasteiger partial charge < -0.3 is 14.2 Å². The number of benzene rings is 1. The number of aryl methyl sites for hydroxylation is 1. The Kier molecular flexibility index (Phi) is 4.22. The molecule has 0 aliphatic heterocycles. The van der Waals surface area contributed by atoms with Crippen LogP contribution >= 0.6 is 0 Å². The Morgan fingerprint density at radius 3 is 2.17 bits per heavy atom. The minimum absolute atomic E-state index is 0.297. The number of hydrogen-bond donors (Lipinski definition) is 0. The second-order valence-electron chi connectivity index (χ2n) is 4.64. The summed E-state index contributed by atoms with van der Waals surface area (Å²) in [5.41, 5.74) is 0.982. The van der Waals surface area contributed by atoms with E-state index < -0.39 is 5.41 Å². The molecule has 0 heterocycles. The Bertz CT molecular complexity index is 449. The van der Waals surface area contributed by atoms with Gasteiger partial charge in [0.05, 0.1) is 26.7 Å². The molecule has 0 saturated carbocycles. The second-order valence-corrected chi connectivity index (χ2v) is 4.64. The Morgan fingerprint density at radius 2 is 1.72 bits per heavy atom. The van der Waals surface area contributed by atoms with E-state index in [9.17, 15) is 4.79 Å². The van der Waals surface area contributed by atoms with Gasteiger partial charge in [0.1, 0.15) is 11.5 Å². The van der Waals surface area contributed by atoms with E-state index in [-0.39, 0.29) is 5.97 Å². The van der Waals surface area contributed by atoms with Crippen LogP contribution in [0.3, 0.4) is 0 Å². The normalized spacial score (nSPS) is 11.0. The molecule has 0 N–H and O–H groups in total. The molecule has 0 saturated heterocycles. The number of rotatable bonds is 4. The molecular formula is C14H20O4. The van der Waals surface area contributed by atoms with Gasteiger partial charge in [0.25, 0.3) is 0 Å². The molecule has 0 aliphatic rings. The van der Waals surface area contributed by atoms with Crippen molar-refractivity contribution in [2.24, 2.45) is 0 Å². The molecule has 0 fully saturated rings. The smallest absolute Gasteiger partial charge is 0.315 e. The number of carbonyl (C=O) groups is 1. The van der Waals surface area contributed by atoms with E-state index in [1.165, 1.54) is 7.11 Å². The minimum atomic E-state index is -0.767. The van der Waals surface area contributed by atoms with Gasteiger partial charge in [-0.1, -0.05) is 0 Å². The molecular weight excluding hydrogens is 232 g/mol. The van der Waals surface area contributed by atoms with Crippen molar-refractivity contribution in [3.05, 3.63) is 23.3 Å². The predicted octanol–water partition coefficient (Wildman–Crippen LogP) is 2.46. The topological polar surface area (TPSA) is 44.8 Å². The Hall–Kier alpha value is -1.71. The lowest BCUT2D eigenvalue weighted by atomic mass is 9.81. The molecule has 4 heteroatoms. The van der Waals surface area contributed by atoms with E-state index in [0.29, 0.717) is 11.5 Å². The lowest BCUT2D eigenvalue weighted by Gasteiger charge is -2.26. The van der Waals surface area contributed by atoms with Crippen molar-refractivity contribution in [1.29, 1.82) is 0 Å². The highest BCUT2D eigenvalue weighted by Gasteiger charge is 2.35. The average molecular weight is 252 g/mol. The van der Waals surface area contributed by atoms with E-state index >= 15 is 0 Å². The fraction of sp³-hybridized carbons (Fsp3) is 0.500. The van der Waals surface area contributed by atoms with Crippen LogP contribution in [0.1, 0.15) is 25.0 Å². The third kappa shape index (κ3) is 2.42. The fourth-order valence-corrected chi connectivity index (χ4v) is 2.16. The van der Waals surface area contributed by atoms with Gasteiger partial charge in [-0.25, -0.2) is 0 Å². The number of carbonyl (C=O) groups excluding carboxylic acids is 1. The van der Waals surface area contributed by atoms with Crippen molar-refractivity contribution >= 4 is 5.97 Å². The summed E-state index contributed by atoms with van der Waals surface area (Å²) in [6.07, 6.45) is 0. The molecule has 0 aliphatic carbocycles. The fourth-order valence-electron chi connectivity index (χ4n) is 2.16. The molecule has 4 nitrogen and oxygen atoms in total. The van der Waals surface area contributed by atoms with Crippen molar-refractivity contribution in [2.45, 2.75) is 26.2 Å². The van der Waals surface area contributed by atoms with Crippen LogP contribution in [0.2, 0.25) is 0 Å². The Labute approximate surface area is 108 Å². The summed E-state index contributed by atoms with van der Waals surface area (Å²) < 4.78 is 15.4. The van der Waals surface area contributed by atoms with E-state index in [2.05, 4.69) is 0 Å². The van der Waals surface area contributed by atoms with Crippen molar-refractivity contribution in [2.75, 3.05) is 21.3 Å². The number of methoxy groups -OCH3 is 3. The van der Waals surface area contributed by atoms with Crippen molar-refractivity contribution < 1.29 is 19.0 Å². The standard InChI is InChI=1S/C14H20O4/c1-9-7-10(16-4)8-11(17-5)12(9)14(2,3)13(15)18-6/h7-8H,1-6H3. The monoisotopic (exact) mass is 252 g/mol. The first kappa shape index (κ1) is 14.4. The molecule has 0 amide bonds. The molecule has 18 heavy (non-hydrogen) atoms. The van der Waals surface area contributed by atoms with Crippen LogP contribution in [0, 0.1) is 6.92 Å². The van der Waals surface area contributed by atoms with E-state index in [1.54, 1.807) is 20.3 Å². The molecule has 100 valence electrons. The van der Waals surface area contributed by atoms with Gasteiger partial charge in [-0.2, -0.15) is 0 Å². The van der Waals surface area contributed by atoms with Gasteiger partial charge in [-0.3, -0.25) is 4.79 Å². The molecule has 1 rings (SSSR count). The molecule has 0 unspecified atom stereocenters. The van der Waals surface area contributed by atoms with Crippen molar-refractivity contribution in [1.82, 2.24) is 0 Å². The second kappa shape index (κ2) is 5.29. The quantitative estimate of drug-likeness (QED) is 0.772. The van der Waals surface area contributed by atoms with Gasteiger partial charge in [0, 0.05) is 11.6 Å². The molecule has 1 aromatic carbocycles. The lowest BCUT2D eigenvalue weighted by molar-refractivity contribution is -0.146. The zero-order valence-electron chi connectivity index (χ0n) is 11.8. The molecule has 0 bridgehead atoms. The summed E-state index contributed by atoms with van der Waals surface area (Å²) in [4.78, 5) is 11.9. The molecule has 0 spiro atoms. The summed E-state index contributed by atoms with van der Waals surface area (Å²) in [5.74, 6) is 1.03. The SMILES string of the molecule is COC(=O)C(C)(C)c1c(C)cc(OC)cc1OC.